The smallest absolute Gasteiger partial charge is 0.167 e. The number of hydrogen-bond donors (Lipinski definition) is 0. The van der Waals surface area contributed by atoms with E-state index in [1.165, 1.54) is 0 Å². The Morgan fingerprint density at radius 1 is 0.720 bits per heavy atom. The van der Waals surface area contributed by atoms with Crippen LogP contribution in [0, 0.1) is 0 Å². The minimum Gasteiger partial charge on any atom is -0.496 e. The molecule has 4 rings (SSSR count). The van der Waals surface area contributed by atoms with E-state index >= 15 is 0 Å². The third-order valence-electron chi connectivity index (χ3n) is 4.17. The van der Waals surface area contributed by atoms with Crippen molar-refractivity contribution in [3.63, 3.8) is 0 Å². The molecule has 122 valence electrons. The van der Waals surface area contributed by atoms with Crippen LogP contribution in [0.25, 0.3) is 33.7 Å². The van der Waals surface area contributed by atoms with Crippen LogP contribution in [-0.2, 0) is 0 Å². The van der Waals surface area contributed by atoms with Gasteiger partial charge >= 0.3 is 0 Å². The Morgan fingerprint density at radius 2 is 1.36 bits per heavy atom. The first-order valence-corrected chi connectivity index (χ1v) is 8.12. The molecule has 3 heteroatoms. The minimum atomic E-state index is 0.755. The van der Waals surface area contributed by atoms with Gasteiger partial charge in [-0.1, -0.05) is 78.0 Å². The number of methoxy groups -OCH3 is 1. The number of hydrogen-bond acceptors (Lipinski definition) is 3. The summed E-state index contributed by atoms with van der Waals surface area (Å²) in [6, 6.07) is 28.1. The van der Waals surface area contributed by atoms with E-state index in [1.807, 2.05) is 66.7 Å². The monoisotopic (exact) mass is 327 g/mol. The van der Waals surface area contributed by atoms with Gasteiger partial charge in [-0.05, 0) is 11.6 Å². The van der Waals surface area contributed by atoms with Crippen molar-refractivity contribution >= 4 is 0 Å². The highest BCUT2D eigenvalue weighted by molar-refractivity contribution is 5.85. The first-order chi connectivity index (χ1) is 12.4. The molecule has 0 saturated heterocycles. The Bertz CT molecular complexity index is 990. The summed E-state index contributed by atoms with van der Waals surface area (Å²) >= 11 is 0. The molecule has 0 fully saturated rings. The van der Waals surface area contributed by atoms with Crippen LogP contribution < -0.4 is 4.74 Å². The Hall–Kier alpha value is -3.33. The molecule has 25 heavy (non-hydrogen) atoms. The second-order valence-corrected chi connectivity index (χ2v) is 5.69. The second-order valence-electron chi connectivity index (χ2n) is 5.69. The van der Waals surface area contributed by atoms with E-state index in [4.69, 9.17) is 9.26 Å². The Kier molecular flexibility index (Phi) is 4.05. The van der Waals surface area contributed by atoms with E-state index in [-0.39, 0.29) is 0 Å². The number of ether oxygens (including phenoxy) is 1. The zero-order chi connectivity index (χ0) is 17.1. The van der Waals surface area contributed by atoms with Crippen LogP contribution in [-0.4, -0.2) is 12.3 Å². The largest absolute Gasteiger partial charge is 0.496 e. The quantitative estimate of drug-likeness (QED) is 0.483. The summed E-state index contributed by atoms with van der Waals surface area (Å²) in [5.41, 5.74) is 4.92. The third-order valence-corrected chi connectivity index (χ3v) is 4.17. The van der Waals surface area contributed by atoms with Crippen molar-refractivity contribution in [2.75, 3.05) is 7.11 Å². The highest BCUT2D eigenvalue weighted by Crippen LogP contribution is 2.37. The number of para-hydroxylation sites is 1. The normalized spacial score (nSPS) is 10.6. The predicted octanol–water partition coefficient (Wildman–Crippen LogP) is 5.68. The fourth-order valence-corrected chi connectivity index (χ4v) is 2.95. The Labute approximate surface area is 146 Å². The van der Waals surface area contributed by atoms with Gasteiger partial charge in [0.15, 0.2) is 5.76 Å². The molecule has 0 atom stereocenters. The Morgan fingerprint density at radius 3 is 2.12 bits per heavy atom. The van der Waals surface area contributed by atoms with Crippen LogP contribution in [0.5, 0.6) is 5.75 Å². The predicted molar refractivity (Wildman–Crippen MR) is 99.4 cm³/mol. The third kappa shape index (κ3) is 2.92. The molecule has 0 aliphatic heterocycles. The molecule has 0 aliphatic rings. The second kappa shape index (κ2) is 6.65. The number of rotatable bonds is 4. The maximum atomic E-state index is 5.57. The zero-order valence-electron chi connectivity index (χ0n) is 13.8. The maximum absolute atomic E-state index is 5.57. The minimum absolute atomic E-state index is 0.755. The first kappa shape index (κ1) is 15.2. The zero-order valence-corrected chi connectivity index (χ0v) is 13.8. The fourth-order valence-electron chi connectivity index (χ4n) is 2.95. The fraction of sp³-hybridized carbons (Fsp3) is 0.0455. The van der Waals surface area contributed by atoms with Gasteiger partial charge in [-0.25, -0.2) is 0 Å². The summed E-state index contributed by atoms with van der Waals surface area (Å²) in [5.74, 6) is 1.59. The molecule has 0 N–H and O–H groups in total. The van der Waals surface area contributed by atoms with Crippen LogP contribution >= 0.6 is 0 Å². The average molecular weight is 327 g/mol. The van der Waals surface area contributed by atoms with Gasteiger partial charge in [0.05, 0.1) is 7.11 Å². The van der Waals surface area contributed by atoms with Gasteiger partial charge in [-0.3, -0.25) is 0 Å². The van der Waals surface area contributed by atoms with E-state index in [1.54, 1.807) is 7.11 Å². The highest BCUT2D eigenvalue weighted by atomic mass is 16.5. The molecule has 0 unspecified atom stereocenters. The summed E-state index contributed by atoms with van der Waals surface area (Å²) in [4.78, 5) is 0. The number of nitrogens with zero attached hydrogens (tertiary/aromatic N) is 1. The van der Waals surface area contributed by atoms with Crippen LogP contribution in [0.4, 0.5) is 0 Å². The summed E-state index contributed by atoms with van der Waals surface area (Å²) in [6.07, 6.45) is 0. The molecule has 0 saturated carbocycles. The lowest BCUT2D eigenvalue weighted by atomic mass is 9.96. The van der Waals surface area contributed by atoms with Crippen LogP contribution in [0.3, 0.4) is 0 Å². The van der Waals surface area contributed by atoms with Crippen molar-refractivity contribution in [1.82, 2.24) is 5.16 Å². The lowest BCUT2D eigenvalue weighted by molar-refractivity contribution is 0.416. The summed E-state index contributed by atoms with van der Waals surface area (Å²) in [5, 5.41) is 4.29. The van der Waals surface area contributed by atoms with Crippen molar-refractivity contribution in [3.05, 3.63) is 84.9 Å². The van der Waals surface area contributed by atoms with E-state index in [0.717, 1.165) is 39.5 Å². The molecule has 0 amide bonds. The van der Waals surface area contributed by atoms with Gasteiger partial charge in [0.1, 0.15) is 11.4 Å². The van der Waals surface area contributed by atoms with E-state index in [0.29, 0.717) is 0 Å². The molecule has 1 heterocycles. The van der Waals surface area contributed by atoms with Gasteiger partial charge in [0.2, 0.25) is 0 Å². The number of benzene rings is 3. The van der Waals surface area contributed by atoms with Gasteiger partial charge in [-0.2, -0.15) is 0 Å². The van der Waals surface area contributed by atoms with E-state index < -0.39 is 0 Å². The van der Waals surface area contributed by atoms with Crippen molar-refractivity contribution in [2.45, 2.75) is 0 Å². The molecule has 0 radical (unpaired) electrons. The van der Waals surface area contributed by atoms with E-state index in [9.17, 15) is 0 Å². The van der Waals surface area contributed by atoms with Crippen LogP contribution in [0.1, 0.15) is 0 Å². The Balaban J connectivity index is 1.82. The van der Waals surface area contributed by atoms with Crippen LogP contribution in [0.2, 0.25) is 0 Å². The molecular formula is C22H17NO2. The van der Waals surface area contributed by atoms with Gasteiger partial charge in [-0.15, -0.1) is 0 Å². The van der Waals surface area contributed by atoms with Gasteiger partial charge in [0.25, 0.3) is 0 Å². The topological polar surface area (TPSA) is 35.3 Å². The molecule has 4 aromatic rings. The summed E-state index contributed by atoms with van der Waals surface area (Å²) in [6.45, 7) is 0. The van der Waals surface area contributed by atoms with Crippen molar-refractivity contribution < 1.29 is 9.26 Å². The highest BCUT2D eigenvalue weighted by Gasteiger charge is 2.15. The first-order valence-electron chi connectivity index (χ1n) is 8.12. The van der Waals surface area contributed by atoms with Gasteiger partial charge in [0, 0.05) is 22.8 Å². The number of aromatic nitrogens is 1. The standard InChI is InChI=1S/C22H17NO2/c1-24-21-14-8-7-13-19(21)17-11-5-6-12-18(17)20-15-22(25-23-20)16-9-3-2-4-10-16/h2-15H,1H3. The van der Waals surface area contributed by atoms with Crippen molar-refractivity contribution in [1.29, 1.82) is 0 Å². The molecule has 0 spiro atoms. The maximum Gasteiger partial charge on any atom is 0.167 e. The SMILES string of the molecule is COc1ccccc1-c1ccccc1-c1cc(-c2ccccc2)on1. The lowest BCUT2D eigenvalue weighted by Gasteiger charge is -2.11. The summed E-state index contributed by atoms with van der Waals surface area (Å²) < 4.78 is 11.1. The molecule has 1 aromatic heterocycles. The molecule has 3 nitrogen and oxygen atoms in total. The molecule has 0 aliphatic carbocycles. The molecular weight excluding hydrogens is 310 g/mol. The van der Waals surface area contributed by atoms with Crippen molar-refractivity contribution in [3.8, 4) is 39.5 Å². The molecule has 3 aromatic carbocycles. The van der Waals surface area contributed by atoms with E-state index in [2.05, 4.69) is 23.4 Å². The van der Waals surface area contributed by atoms with Crippen molar-refractivity contribution in [2.24, 2.45) is 0 Å². The van der Waals surface area contributed by atoms with Gasteiger partial charge < -0.3 is 9.26 Å². The molecule has 0 bridgehead atoms. The van der Waals surface area contributed by atoms with Crippen LogP contribution in [0.15, 0.2) is 89.5 Å². The lowest BCUT2D eigenvalue weighted by Crippen LogP contribution is -1.90. The summed E-state index contributed by atoms with van der Waals surface area (Å²) in [7, 11) is 1.69. The average Bonchev–Trinajstić information content (AvgIpc) is 3.19.